The van der Waals surface area contributed by atoms with Crippen LogP contribution in [-0.2, 0) is 14.6 Å². The van der Waals surface area contributed by atoms with E-state index in [2.05, 4.69) is 20.3 Å². The van der Waals surface area contributed by atoms with Crippen molar-refractivity contribution < 1.29 is 28.5 Å². The fraction of sp³-hybridized carbons (Fsp3) is 0.600. The summed E-state index contributed by atoms with van der Waals surface area (Å²) >= 11 is 0. The molecule has 2 aromatic rings. The molecule has 4 atom stereocenters. The number of aromatic nitrogens is 5. The summed E-state index contributed by atoms with van der Waals surface area (Å²) in [7, 11) is -3.74. The Kier molecular flexibility index (Phi) is 3.68. The summed E-state index contributed by atoms with van der Waals surface area (Å²) in [5.41, 5.74) is 5.60. The van der Waals surface area contributed by atoms with Crippen molar-refractivity contribution in [1.82, 2.24) is 25.0 Å². The second-order valence-electron chi connectivity index (χ2n) is 5.10. The Morgan fingerprint density at radius 1 is 1.30 bits per heavy atom. The molecule has 0 spiro atoms. The molecule has 2 aromatic heterocycles. The number of hydrogen-bond donors (Lipinski definition) is 4. The lowest BCUT2D eigenvalue weighted by Crippen LogP contribution is -2.33. The zero-order chi connectivity index (χ0) is 16.9. The van der Waals surface area contributed by atoms with Crippen LogP contribution >= 0.6 is 0 Å². The van der Waals surface area contributed by atoms with Gasteiger partial charge >= 0.3 is 0 Å². The van der Waals surface area contributed by atoms with E-state index in [1.54, 1.807) is 0 Å². The third-order valence-corrected chi connectivity index (χ3v) is 4.27. The highest BCUT2D eigenvalue weighted by Gasteiger charge is 2.44. The summed E-state index contributed by atoms with van der Waals surface area (Å²) in [5.74, 6) is -0.201. The lowest BCUT2D eigenvalue weighted by Gasteiger charge is -2.14. The second-order valence-corrected chi connectivity index (χ2v) is 7.01. The third-order valence-electron chi connectivity index (χ3n) is 3.42. The highest BCUT2D eigenvalue weighted by atomic mass is 32.2. The van der Waals surface area contributed by atoms with Crippen LogP contribution in [0, 0.1) is 0 Å². The first kappa shape index (κ1) is 15.9. The molecule has 3 rings (SSSR count). The molecule has 12 nitrogen and oxygen atoms in total. The fourth-order valence-electron chi connectivity index (χ4n) is 2.25. The molecule has 0 amide bonds. The quantitative estimate of drug-likeness (QED) is 0.410. The molecule has 1 aliphatic rings. The molecule has 5 N–H and O–H groups in total. The number of hydrogen-bond acceptors (Lipinski definition) is 11. The van der Waals surface area contributed by atoms with Gasteiger partial charge in [0.25, 0.3) is 5.16 Å². The predicted octanol–water partition coefficient (Wildman–Crippen LogP) is -3.18. The van der Waals surface area contributed by atoms with Gasteiger partial charge in [-0.05, 0) is 0 Å². The van der Waals surface area contributed by atoms with E-state index in [0.717, 1.165) is 10.9 Å². The van der Waals surface area contributed by atoms with Gasteiger partial charge in [0.1, 0.15) is 18.3 Å². The molecule has 0 bridgehead atoms. The predicted molar refractivity (Wildman–Crippen MR) is 73.6 cm³/mol. The first-order valence-corrected chi connectivity index (χ1v) is 8.34. The zero-order valence-electron chi connectivity index (χ0n) is 11.8. The minimum atomic E-state index is -3.74. The summed E-state index contributed by atoms with van der Waals surface area (Å²) in [5, 5.41) is 35.8. The van der Waals surface area contributed by atoms with Crippen molar-refractivity contribution in [2.45, 2.75) is 29.7 Å². The first-order chi connectivity index (χ1) is 10.7. The number of aliphatic hydroxyl groups is 3. The Balaban J connectivity index is 2.14. The molecule has 13 heteroatoms. The van der Waals surface area contributed by atoms with E-state index < -0.39 is 46.1 Å². The van der Waals surface area contributed by atoms with Crippen LogP contribution in [0.1, 0.15) is 6.23 Å². The molecule has 0 aliphatic carbocycles. The van der Waals surface area contributed by atoms with E-state index >= 15 is 0 Å². The van der Waals surface area contributed by atoms with Gasteiger partial charge in [-0.25, -0.2) is 8.42 Å². The van der Waals surface area contributed by atoms with Crippen molar-refractivity contribution in [1.29, 1.82) is 0 Å². The highest BCUT2D eigenvalue weighted by Crippen LogP contribution is 2.31. The molecule has 1 saturated heterocycles. The number of sulfone groups is 1. The van der Waals surface area contributed by atoms with Crippen LogP contribution in [0.3, 0.4) is 0 Å². The zero-order valence-corrected chi connectivity index (χ0v) is 12.6. The highest BCUT2D eigenvalue weighted by molar-refractivity contribution is 7.90. The molecule has 1 fully saturated rings. The third kappa shape index (κ3) is 2.51. The number of aliphatic hydroxyl groups excluding tert-OH is 3. The van der Waals surface area contributed by atoms with Gasteiger partial charge in [-0.3, -0.25) is 0 Å². The summed E-state index contributed by atoms with van der Waals surface area (Å²) < 4.78 is 29.5. The van der Waals surface area contributed by atoms with Crippen LogP contribution < -0.4 is 5.73 Å². The number of nitrogen functional groups attached to an aromatic ring is 1. The summed E-state index contributed by atoms with van der Waals surface area (Å²) in [6.45, 7) is -0.521. The molecule has 0 saturated carbocycles. The van der Waals surface area contributed by atoms with Crippen LogP contribution in [0.4, 0.5) is 5.82 Å². The van der Waals surface area contributed by atoms with Crippen LogP contribution in [0.2, 0.25) is 0 Å². The maximum Gasteiger partial charge on any atom is 0.250 e. The summed E-state index contributed by atoms with van der Waals surface area (Å²) in [6.07, 6.45) is -4.10. The van der Waals surface area contributed by atoms with Gasteiger partial charge in [-0.15, -0.1) is 5.10 Å². The van der Waals surface area contributed by atoms with Crippen molar-refractivity contribution in [3.8, 4) is 0 Å². The van der Waals surface area contributed by atoms with Crippen LogP contribution in [0.5, 0.6) is 0 Å². The lowest BCUT2D eigenvalue weighted by molar-refractivity contribution is -0.0575. The molecule has 23 heavy (non-hydrogen) atoms. The number of nitrogens with zero attached hydrogens (tertiary/aromatic N) is 5. The van der Waals surface area contributed by atoms with E-state index in [1.807, 2.05) is 0 Å². The van der Waals surface area contributed by atoms with Gasteiger partial charge in [0.05, 0.1) is 6.61 Å². The molecule has 1 aliphatic heterocycles. The molecule has 3 heterocycles. The molecule has 0 unspecified atom stereocenters. The van der Waals surface area contributed by atoms with E-state index in [1.165, 1.54) is 0 Å². The van der Waals surface area contributed by atoms with Gasteiger partial charge < -0.3 is 25.8 Å². The van der Waals surface area contributed by atoms with Crippen LogP contribution in [-0.4, -0.2) is 79.9 Å². The number of nitrogens with two attached hydrogens (primary N) is 1. The van der Waals surface area contributed by atoms with Gasteiger partial charge in [-0.2, -0.15) is 14.6 Å². The number of fused-ring (bicyclic) bond motifs is 1. The normalized spacial score (nSPS) is 28.5. The van der Waals surface area contributed by atoms with Crippen molar-refractivity contribution in [3.63, 3.8) is 0 Å². The van der Waals surface area contributed by atoms with Crippen molar-refractivity contribution in [2.24, 2.45) is 0 Å². The average Bonchev–Trinajstić information content (AvgIpc) is 3.01. The minimum Gasteiger partial charge on any atom is -0.394 e. The van der Waals surface area contributed by atoms with E-state index in [4.69, 9.17) is 15.6 Å². The standard InChI is InChI=1S/C10H14N6O6S/c1-23(20,21)10-12-7(11)4-8(13-10)16(15-14-4)9-6(19)5(18)3(2-17)22-9/h3,5-6,9,17-19H,2H2,1H3,(H2,11,12,13)/t3-,5-,6+,9+/m1/s1. The second kappa shape index (κ2) is 5.31. The molecular weight excluding hydrogens is 332 g/mol. The Morgan fingerprint density at radius 2 is 2.00 bits per heavy atom. The lowest BCUT2D eigenvalue weighted by atomic mass is 10.1. The maximum absolute atomic E-state index is 11.6. The first-order valence-electron chi connectivity index (χ1n) is 6.45. The summed E-state index contributed by atoms with van der Waals surface area (Å²) in [6, 6.07) is 0. The van der Waals surface area contributed by atoms with E-state index in [0.29, 0.717) is 0 Å². The van der Waals surface area contributed by atoms with Gasteiger partial charge in [0.2, 0.25) is 9.84 Å². The molecular formula is C10H14N6O6S. The number of rotatable bonds is 3. The smallest absolute Gasteiger partial charge is 0.250 e. The Labute approximate surface area is 129 Å². The Morgan fingerprint density at radius 3 is 2.57 bits per heavy atom. The van der Waals surface area contributed by atoms with E-state index in [-0.39, 0.29) is 17.0 Å². The summed E-state index contributed by atoms with van der Waals surface area (Å²) in [4.78, 5) is 7.49. The Hall–Kier alpha value is -1.93. The Bertz CT molecular complexity index is 853. The molecule has 0 aromatic carbocycles. The van der Waals surface area contributed by atoms with Gasteiger partial charge in [0.15, 0.2) is 23.2 Å². The minimum absolute atomic E-state index is 0.0233. The molecule has 0 radical (unpaired) electrons. The number of anilines is 1. The van der Waals surface area contributed by atoms with E-state index in [9.17, 15) is 18.6 Å². The molecule has 126 valence electrons. The van der Waals surface area contributed by atoms with Gasteiger partial charge in [0, 0.05) is 6.26 Å². The average molecular weight is 346 g/mol. The van der Waals surface area contributed by atoms with Crippen molar-refractivity contribution in [3.05, 3.63) is 0 Å². The monoisotopic (exact) mass is 346 g/mol. The van der Waals surface area contributed by atoms with Crippen molar-refractivity contribution >= 4 is 26.8 Å². The van der Waals surface area contributed by atoms with Crippen LogP contribution in [0.25, 0.3) is 11.2 Å². The van der Waals surface area contributed by atoms with Gasteiger partial charge in [-0.1, -0.05) is 5.21 Å². The number of ether oxygens (including phenoxy) is 1. The maximum atomic E-state index is 11.6. The largest absolute Gasteiger partial charge is 0.394 e. The SMILES string of the molecule is CS(=O)(=O)c1nc(N)c2nnn([C@H]3O[C@H](CO)[C@@H](O)[C@@H]3O)c2n1. The fourth-order valence-corrected chi connectivity index (χ4v) is 2.77. The topological polar surface area (TPSA) is 187 Å². The van der Waals surface area contributed by atoms with Crippen molar-refractivity contribution in [2.75, 3.05) is 18.6 Å². The van der Waals surface area contributed by atoms with Crippen LogP contribution in [0.15, 0.2) is 5.16 Å².